The molecule has 1 heterocycles. The van der Waals surface area contributed by atoms with E-state index in [0.717, 1.165) is 38.9 Å². The zero-order chi connectivity index (χ0) is 20.1. The van der Waals surface area contributed by atoms with Crippen molar-refractivity contribution in [1.82, 2.24) is 9.80 Å². The van der Waals surface area contributed by atoms with Gasteiger partial charge in [-0.25, -0.2) is 4.79 Å². The molecule has 0 radical (unpaired) electrons. The lowest BCUT2D eigenvalue weighted by Crippen LogP contribution is -2.38. The van der Waals surface area contributed by atoms with Gasteiger partial charge in [-0.2, -0.15) is 0 Å². The average molecular weight is 380 g/mol. The highest BCUT2D eigenvalue weighted by Crippen LogP contribution is 2.13. The molecule has 0 spiro atoms. The van der Waals surface area contributed by atoms with E-state index in [1.807, 2.05) is 20.8 Å². The van der Waals surface area contributed by atoms with Crippen LogP contribution in [-0.4, -0.2) is 73.5 Å². The van der Waals surface area contributed by atoms with Crippen LogP contribution in [0.25, 0.3) is 10.4 Å². The molecule has 27 heavy (non-hydrogen) atoms. The Kier molecular flexibility index (Phi) is 10.6. The van der Waals surface area contributed by atoms with E-state index in [0.29, 0.717) is 32.7 Å². The Hall–Kier alpha value is -1.94. The maximum absolute atomic E-state index is 12.2. The standard InChI is InChI=1S/C19H33N5O3/c1-5-6-10-24(18(25)27-19(2,3)4)11-7-15-26-16-14-23-12-8-17(9-13-23)21-22-20/h1,17H,6-16H2,2-4H3. The van der Waals surface area contributed by atoms with Crippen LogP contribution in [0.1, 0.15) is 46.5 Å². The van der Waals surface area contributed by atoms with Gasteiger partial charge in [0.05, 0.1) is 6.61 Å². The van der Waals surface area contributed by atoms with E-state index in [4.69, 9.17) is 21.4 Å². The molecule has 0 aromatic heterocycles. The monoisotopic (exact) mass is 379 g/mol. The van der Waals surface area contributed by atoms with Crippen LogP contribution in [0.15, 0.2) is 5.11 Å². The van der Waals surface area contributed by atoms with Crippen molar-refractivity contribution < 1.29 is 14.3 Å². The molecule has 1 aliphatic rings. The van der Waals surface area contributed by atoms with Crippen LogP contribution in [0.2, 0.25) is 0 Å². The van der Waals surface area contributed by atoms with Crippen molar-refractivity contribution in [2.45, 2.75) is 58.1 Å². The number of likely N-dealkylation sites (tertiary alicyclic amines) is 1. The third kappa shape index (κ3) is 10.7. The highest BCUT2D eigenvalue weighted by Gasteiger charge is 2.21. The lowest BCUT2D eigenvalue weighted by molar-refractivity contribution is 0.0228. The minimum absolute atomic E-state index is 0.133. The van der Waals surface area contributed by atoms with Crippen LogP contribution in [0.4, 0.5) is 4.79 Å². The minimum Gasteiger partial charge on any atom is -0.444 e. The predicted octanol–water partition coefficient (Wildman–Crippen LogP) is 3.43. The van der Waals surface area contributed by atoms with E-state index in [2.05, 4.69) is 20.8 Å². The van der Waals surface area contributed by atoms with Gasteiger partial charge in [0.2, 0.25) is 0 Å². The maximum Gasteiger partial charge on any atom is 0.410 e. The van der Waals surface area contributed by atoms with E-state index >= 15 is 0 Å². The number of nitrogens with zero attached hydrogens (tertiary/aromatic N) is 5. The highest BCUT2D eigenvalue weighted by atomic mass is 16.6. The second-order valence-corrected chi connectivity index (χ2v) is 7.67. The Morgan fingerprint density at radius 1 is 1.33 bits per heavy atom. The summed E-state index contributed by atoms with van der Waals surface area (Å²) in [4.78, 5) is 19.1. The van der Waals surface area contributed by atoms with Crippen molar-refractivity contribution in [3.05, 3.63) is 10.4 Å². The Morgan fingerprint density at radius 2 is 2.04 bits per heavy atom. The second-order valence-electron chi connectivity index (χ2n) is 7.67. The van der Waals surface area contributed by atoms with Gasteiger partial charge in [-0.1, -0.05) is 5.11 Å². The van der Waals surface area contributed by atoms with Crippen molar-refractivity contribution >= 4 is 6.09 Å². The first-order valence-electron chi connectivity index (χ1n) is 9.61. The molecule has 8 heteroatoms. The summed E-state index contributed by atoms with van der Waals surface area (Å²) in [5.41, 5.74) is 7.95. The van der Waals surface area contributed by atoms with E-state index in [9.17, 15) is 4.79 Å². The molecule has 0 N–H and O–H groups in total. The zero-order valence-corrected chi connectivity index (χ0v) is 16.9. The van der Waals surface area contributed by atoms with Gasteiger partial charge in [0, 0.05) is 43.6 Å². The molecule has 0 bridgehead atoms. The number of carbonyl (C=O) groups excluding carboxylic acids is 1. The number of ether oxygens (including phenoxy) is 2. The minimum atomic E-state index is -0.520. The summed E-state index contributed by atoms with van der Waals surface area (Å²) in [6.45, 7) is 10.6. The number of terminal acetylenes is 1. The van der Waals surface area contributed by atoms with E-state index in [1.54, 1.807) is 4.90 Å². The van der Waals surface area contributed by atoms with Gasteiger partial charge in [0.15, 0.2) is 0 Å². The topological polar surface area (TPSA) is 90.8 Å². The molecular weight excluding hydrogens is 346 g/mol. The average Bonchev–Trinajstić information content (AvgIpc) is 2.60. The van der Waals surface area contributed by atoms with Crippen LogP contribution in [0.5, 0.6) is 0 Å². The Balaban J connectivity index is 2.19. The molecule has 0 atom stereocenters. The maximum atomic E-state index is 12.2. The summed E-state index contributed by atoms with van der Waals surface area (Å²) in [5, 5.41) is 3.78. The van der Waals surface area contributed by atoms with Gasteiger partial charge in [-0.15, -0.1) is 12.3 Å². The number of hydrogen-bond acceptors (Lipinski definition) is 5. The second kappa shape index (κ2) is 12.4. The molecule has 0 unspecified atom stereocenters. The lowest BCUT2D eigenvalue weighted by atomic mass is 10.1. The first-order chi connectivity index (χ1) is 12.9. The number of hydrogen-bond donors (Lipinski definition) is 0. The fourth-order valence-electron chi connectivity index (χ4n) is 2.80. The SMILES string of the molecule is C#CCCN(CCCOCCN1CCC(N=[N+]=[N-])CC1)C(=O)OC(C)(C)C. The lowest BCUT2D eigenvalue weighted by Gasteiger charge is -2.29. The molecular formula is C19H33N5O3. The largest absolute Gasteiger partial charge is 0.444 e. The third-order valence-corrected chi connectivity index (χ3v) is 4.22. The summed E-state index contributed by atoms with van der Waals surface area (Å²) < 4.78 is 11.1. The summed E-state index contributed by atoms with van der Waals surface area (Å²) in [5.74, 6) is 2.56. The summed E-state index contributed by atoms with van der Waals surface area (Å²) in [7, 11) is 0. The fraction of sp³-hybridized carbons (Fsp3) is 0.842. The summed E-state index contributed by atoms with van der Waals surface area (Å²) in [6.07, 6.45) is 8.04. The Morgan fingerprint density at radius 3 is 2.63 bits per heavy atom. The van der Waals surface area contributed by atoms with Gasteiger partial charge in [-0.05, 0) is 58.7 Å². The van der Waals surface area contributed by atoms with Crippen molar-refractivity contribution in [3.63, 3.8) is 0 Å². The van der Waals surface area contributed by atoms with Gasteiger partial charge in [0.1, 0.15) is 5.60 Å². The van der Waals surface area contributed by atoms with Crippen molar-refractivity contribution in [1.29, 1.82) is 0 Å². The molecule has 1 aliphatic heterocycles. The molecule has 0 aromatic carbocycles. The molecule has 0 aromatic rings. The fourth-order valence-corrected chi connectivity index (χ4v) is 2.80. The van der Waals surface area contributed by atoms with Crippen molar-refractivity contribution in [2.24, 2.45) is 5.11 Å². The van der Waals surface area contributed by atoms with E-state index in [-0.39, 0.29) is 12.1 Å². The normalized spacial score (nSPS) is 15.6. The quantitative estimate of drug-likeness (QED) is 0.191. The van der Waals surface area contributed by atoms with Crippen molar-refractivity contribution in [2.75, 3.05) is 45.9 Å². The van der Waals surface area contributed by atoms with E-state index in [1.165, 1.54) is 0 Å². The van der Waals surface area contributed by atoms with Crippen LogP contribution >= 0.6 is 0 Å². The van der Waals surface area contributed by atoms with Gasteiger partial charge in [0.25, 0.3) is 0 Å². The number of amides is 1. The molecule has 0 saturated carbocycles. The zero-order valence-electron chi connectivity index (χ0n) is 16.9. The van der Waals surface area contributed by atoms with Crippen molar-refractivity contribution in [3.8, 4) is 12.3 Å². The van der Waals surface area contributed by atoms with Crippen LogP contribution in [-0.2, 0) is 9.47 Å². The molecule has 152 valence electrons. The molecule has 1 rings (SSSR count). The molecule has 0 aliphatic carbocycles. The summed E-state index contributed by atoms with van der Waals surface area (Å²) >= 11 is 0. The first kappa shape index (κ1) is 23.1. The smallest absolute Gasteiger partial charge is 0.410 e. The Bertz CT molecular complexity index is 526. The Labute approximate surface area is 162 Å². The van der Waals surface area contributed by atoms with Crippen LogP contribution < -0.4 is 0 Å². The molecule has 1 saturated heterocycles. The summed E-state index contributed by atoms with van der Waals surface area (Å²) in [6, 6.07) is 0.133. The number of piperidine rings is 1. The van der Waals surface area contributed by atoms with Gasteiger partial charge < -0.3 is 19.3 Å². The molecule has 8 nitrogen and oxygen atoms in total. The number of carbonyl (C=O) groups is 1. The van der Waals surface area contributed by atoms with Gasteiger partial charge >= 0.3 is 6.09 Å². The number of azide groups is 1. The third-order valence-electron chi connectivity index (χ3n) is 4.22. The van der Waals surface area contributed by atoms with Gasteiger partial charge in [-0.3, -0.25) is 0 Å². The van der Waals surface area contributed by atoms with Crippen LogP contribution in [0.3, 0.4) is 0 Å². The predicted molar refractivity (Wildman–Crippen MR) is 105 cm³/mol. The highest BCUT2D eigenvalue weighted by molar-refractivity contribution is 5.68. The first-order valence-corrected chi connectivity index (χ1v) is 9.61. The van der Waals surface area contributed by atoms with E-state index < -0.39 is 5.60 Å². The molecule has 1 amide bonds. The van der Waals surface area contributed by atoms with Crippen LogP contribution in [0, 0.1) is 12.3 Å². The molecule has 1 fully saturated rings. The number of rotatable bonds is 10.